The fourth-order valence-corrected chi connectivity index (χ4v) is 0.633. The Balaban J connectivity index is 3.14. The molecule has 0 radical (unpaired) electrons. The van der Waals surface area contributed by atoms with Crippen LogP contribution in [0.2, 0.25) is 0 Å². The second kappa shape index (κ2) is 5.96. The number of amides is 3. The lowest BCUT2D eigenvalue weighted by Crippen LogP contribution is -2.37. The molecule has 0 aromatic rings. The van der Waals surface area contributed by atoms with Crippen molar-refractivity contribution < 1.29 is 9.59 Å². The summed E-state index contributed by atoms with van der Waals surface area (Å²) in [5.41, 5.74) is 4.77. The zero-order valence-electron chi connectivity index (χ0n) is 5.89. The number of halogens is 1. The van der Waals surface area contributed by atoms with Gasteiger partial charge in [-0.05, 0) is 0 Å². The van der Waals surface area contributed by atoms with Crippen molar-refractivity contribution in [3.63, 3.8) is 0 Å². The van der Waals surface area contributed by atoms with Crippen molar-refractivity contribution in [1.82, 2.24) is 10.6 Å². The van der Waals surface area contributed by atoms with Gasteiger partial charge in [0.15, 0.2) is 0 Å². The quantitative estimate of drug-likeness (QED) is 0.430. The molecule has 0 saturated heterocycles. The van der Waals surface area contributed by atoms with Crippen molar-refractivity contribution in [3.05, 3.63) is 0 Å². The average Bonchev–Trinajstić information content (AvgIpc) is 1.97. The summed E-state index contributed by atoms with van der Waals surface area (Å²) >= 11 is 2.97. The zero-order valence-corrected chi connectivity index (χ0v) is 7.48. The van der Waals surface area contributed by atoms with Crippen molar-refractivity contribution in [1.29, 1.82) is 0 Å². The van der Waals surface area contributed by atoms with Crippen LogP contribution in [-0.2, 0) is 4.79 Å². The minimum atomic E-state index is -0.585. The van der Waals surface area contributed by atoms with Crippen LogP contribution in [0.1, 0.15) is 0 Å². The number of urea groups is 1. The summed E-state index contributed by atoms with van der Waals surface area (Å²) in [6.07, 6.45) is 0. The molecule has 0 saturated carbocycles. The number of rotatable bonds is 4. The van der Waals surface area contributed by atoms with Crippen LogP contribution in [0.4, 0.5) is 4.79 Å². The molecule has 0 rings (SSSR count). The monoisotopic (exact) mass is 223 g/mol. The highest BCUT2D eigenvalue weighted by atomic mass is 79.9. The maximum absolute atomic E-state index is 10.6. The van der Waals surface area contributed by atoms with Gasteiger partial charge in [0.25, 0.3) is 0 Å². The third-order valence-corrected chi connectivity index (χ3v) is 1.38. The lowest BCUT2D eigenvalue weighted by atomic mass is 10.6. The van der Waals surface area contributed by atoms with Crippen molar-refractivity contribution in [2.45, 2.75) is 0 Å². The molecule has 0 aromatic heterocycles. The van der Waals surface area contributed by atoms with Crippen LogP contribution in [0.15, 0.2) is 0 Å². The predicted octanol–water partition coefficient (Wildman–Crippen LogP) is -0.834. The first-order chi connectivity index (χ1) is 5.16. The molecular formula is C5H10BrN3O2. The second-order valence-corrected chi connectivity index (χ2v) is 2.34. The molecule has 5 nitrogen and oxygen atoms in total. The Kier molecular flexibility index (Phi) is 5.54. The third-order valence-electron chi connectivity index (χ3n) is 0.868. The van der Waals surface area contributed by atoms with E-state index in [0.29, 0.717) is 13.1 Å². The van der Waals surface area contributed by atoms with Crippen LogP contribution < -0.4 is 16.4 Å². The Morgan fingerprint density at radius 3 is 2.27 bits per heavy atom. The van der Waals surface area contributed by atoms with Gasteiger partial charge in [-0.15, -0.1) is 0 Å². The Hall–Kier alpha value is -0.780. The van der Waals surface area contributed by atoms with Gasteiger partial charge in [0.05, 0.1) is 5.33 Å². The maximum Gasteiger partial charge on any atom is 0.312 e. The van der Waals surface area contributed by atoms with E-state index >= 15 is 0 Å². The summed E-state index contributed by atoms with van der Waals surface area (Å²) in [6.45, 7) is 0.751. The van der Waals surface area contributed by atoms with Crippen LogP contribution in [0, 0.1) is 0 Å². The van der Waals surface area contributed by atoms with Gasteiger partial charge in [0.1, 0.15) is 0 Å². The Morgan fingerprint density at radius 1 is 1.27 bits per heavy atom. The van der Waals surface area contributed by atoms with Gasteiger partial charge in [-0.1, -0.05) is 15.9 Å². The van der Waals surface area contributed by atoms with E-state index in [2.05, 4.69) is 26.6 Å². The van der Waals surface area contributed by atoms with Crippen LogP contribution >= 0.6 is 15.9 Å². The number of alkyl halides is 1. The molecule has 0 bridgehead atoms. The van der Waals surface area contributed by atoms with Crippen LogP contribution in [0.3, 0.4) is 0 Å². The van der Waals surface area contributed by atoms with E-state index in [-0.39, 0.29) is 11.2 Å². The van der Waals surface area contributed by atoms with Gasteiger partial charge in [0, 0.05) is 13.1 Å². The summed E-state index contributed by atoms with van der Waals surface area (Å²) in [6, 6.07) is -0.585. The molecule has 0 fully saturated rings. The van der Waals surface area contributed by atoms with Crippen molar-refractivity contribution in [2.24, 2.45) is 5.73 Å². The molecule has 0 aromatic carbocycles. The summed E-state index contributed by atoms with van der Waals surface area (Å²) in [5.74, 6) is -0.115. The maximum atomic E-state index is 10.6. The largest absolute Gasteiger partial charge is 0.354 e. The zero-order chi connectivity index (χ0) is 8.69. The standard InChI is InChI=1S/C5H10BrN3O2/c6-3-4(10)8-1-2-9-5(7)11/h1-3H2,(H,8,10)(H3,7,9,11). The molecule has 64 valence electrons. The SMILES string of the molecule is NC(=O)NCCNC(=O)CBr. The fourth-order valence-electron chi connectivity index (χ4n) is 0.435. The Bertz CT molecular complexity index is 151. The van der Waals surface area contributed by atoms with E-state index in [1.165, 1.54) is 0 Å². The van der Waals surface area contributed by atoms with E-state index < -0.39 is 6.03 Å². The smallest absolute Gasteiger partial charge is 0.312 e. The number of nitrogens with one attached hydrogen (secondary N) is 2. The molecule has 0 aliphatic rings. The highest BCUT2D eigenvalue weighted by Crippen LogP contribution is 1.76. The third kappa shape index (κ3) is 7.11. The van der Waals surface area contributed by atoms with E-state index in [1.807, 2.05) is 0 Å². The van der Waals surface area contributed by atoms with Gasteiger partial charge in [-0.25, -0.2) is 4.79 Å². The molecule has 0 aliphatic heterocycles. The first-order valence-electron chi connectivity index (χ1n) is 3.02. The van der Waals surface area contributed by atoms with Crippen LogP contribution in [-0.4, -0.2) is 30.4 Å². The Labute approximate surface area is 72.8 Å². The molecule has 11 heavy (non-hydrogen) atoms. The van der Waals surface area contributed by atoms with Crippen molar-refractivity contribution in [2.75, 3.05) is 18.4 Å². The first kappa shape index (κ1) is 10.2. The predicted molar refractivity (Wildman–Crippen MR) is 44.4 cm³/mol. The second-order valence-electron chi connectivity index (χ2n) is 1.77. The van der Waals surface area contributed by atoms with Crippen molar-refractivity contribution in [3.8, 4) is 0 Å². The molecule has 0 unspecified atom stereocenters. The number of hydrogen-bond acceptors (Lipinski definition) is 2. The number of carbonyl (C=O) groups is 2. The normalized spacial score (nSPS) is 8.82. The van der Waals surface area contributed by atoms with Gasteiger partial charge < -0.3 is 16.4 Å². The minimum absolute atomic E-state index is 0.115. The fraction of sp³-hybridized carbons (Fsp3) is 0.600. The minimum Gasteiger partial charge on any atom is -0.354 e. The molecule has 0 aliphatic carbocycles. The number of hydrogen-bond donors (Lipinski definition) is 3. The van der Waals surface area contributed by atoms with Gasteiger partial charge in [-0.3, -0.25) is 4.79 Å². The van der Waals surface area contributed by atoms with Crippen molar-refractivity contribution >= 4 is 27.9 Å². The van der Waals surface area contributed by atoms with Gasteiger partial charge in [0.2, 0.25) is 5.91 Å². The summed E-state index contributed by atoms with van der Waals surface area (Å²) in [4.78, 5) is 20.7. The van der Waals surface area contributed by atoms with Gasteiger partial charge >= 0.3 is 6.03 Å². The van der Waals surface area contributed by atoms with Gasteiger partial charge in [-0.2, -0.15) is 0 Å². The molecule has 0 spiro atoms. The van der Waals surface area contributed by atoms with E-state index in [0.717, 1.165) is 0 Å². The summed E-state index contributed by atoms with van der Waals surface area (Å²) in [7, 11) is 0. The highest BCUT2D eigenvalue weighted by molar-refractivity contribution is 9.09. The van der Waals surface area contributed by atoms with Crippen LogP contribution in [0.5, 0.6) is 0 Å². The Morgan fingerprint density at radius 2 is 1.82 bits per heavy atom. The summed E-state index contributed by atoms with van der Waals surface area (Å²) in [5, 5.41) is 5.13. The number of nitrogens with two attached hydrogens (primary N) is 1. The number of carbonyl (C=O) groups excluding carboxylic acids is 2. The molecule has 6 heteroatoms. The molecule has 3 amide bonds. The van der Waals surface area contributed by atoms with Crippen LogP contribution in [0.25, 0.3) is 0 Å². The van der Waals surface area contributed by atoms with E-state index in [9.17, 15) is 9.59 Å². The molecule has 4 N–H and O–H groups in total. The summed E-state index contributed by atoms with van der Waals surface area (Å²) < 4.78 is 0. The first-order valence-corrected chi connectivity index (χ1v) is 4.15. The molecular weight excluding hydrogens is 214 g/mol. The average molecular weight is 224 g/mol. The molecule has 0 atom stereocenters. The van der Waals surface area contributed by atoms with E-state index in [4.69, 9.17) is 5.73 Å². The lowest BCUT2D eigenvalue weighted by Gasteiger charge is -2.02. The lowest BCUT2D eigenvalue weighted by molar-refractivity contribution is -0.118. The highest BCUT2D eigenvalue weighted by Gasteiger charge is 1.95. The number of primary amides is 1. The molecule has 0 heterocycles. The van der Waals surface area contributed by atoms with E-state index in [1.54, 1.807) is 0 Å². The topological polar surface area (TPSA) is 84.2 Å².